The number of rotatable bonds is 10. The maximum atomic E-state index is 5.51. The Hall–Kier alpha value is -1.04. The van der Waals surface area contributed by atoms with Crippen molar-refractivity contribution in [1.82, 2.24) is 15.0 Å². The minimum atomic E-state index is 0.425. The van der Waals surface area contributed by atoms with Crippen LogP contribution in [0.2, 0.25) is 0 Å². The maximum Gasteiger partial charge on any atom is 0.322 e. The van der Waals surface area contributed by atoms with Crippen molar-refractivity contribution in [3.63, 3.8) is 0 Å². The normalized spacial score (nSPS) is 10.5. The minimum absolute atomic E-state index is 0.425. The van der Waals surface area contributed by atoms with Crippen molar-refractivity contribution in [1.29, 1.82) is 0 Å². The lowest BCUT2D eigenvalue weighted by Gasteiger charge is -2.08. The van der Waals surface area contributed by atoms with E-state index in [9.17, 15) is 0 Å². The Labute approximate surface area is 120 Å². The molecule has 0 amide bonds. The molecule has 1 heterocycles. The first-order valence-corrected chi connectivity index (χ1v) is 8.04. The van der Waals surface area contributed by atoms with Gasteiger partial charge < -0.3 is 10.1 Å². The molecule has 0 atom stereocenters. The van der Waals surface area contributed by atoms with E-state index in [1.54, 1.807) is 11.8 Å². The van der Waals surface area contributed by atoms with Gasteiger partial charge in [0.2, 0.25) is 5.95 Å². The smallest absolute Gasteiger partial charge is 0.322 e. The summed E-state index contributed by atoms with van der Waals surface area (Å²) in [6.45, 7) is 7.85. The molecule has 0 aromatic carbocycles. The molecule has 6 heteroatoms. The standard InChI is InChI=1S/C13H24N4OS/c1-4-7-10-19-13-16-11(14-8-5-2)15-12(17-13)18-9-6-3/h4-10H2,1-3H3,(H,14,15,16,17). The number of anilines is 1. The van der Waals surface area contributed by atoms with Gasteiger partial charge in [-0.3, -0.25) is 0 Å². The average Bonchev–Trinajstić information content (AvgIpc) is 2.43. The SMILES string of the molecule is CCCCSc1nc(NCCC)nc(OCCC)n1. The first kappa shape index (κ1) is 16.0. The van der Waals surface area contributed by atoms with Crippen LogP contribution in [0.1, 0.15) is 46.5 Å². The third-order valence-electron chi connectivity index (χ3n) is 2.29. The highest BCUT2D eigenvalue weighted by molar-refractivity contribution is 7.99. The Bertz CT molecular complexity index is 336. The molecule has 0 spiro atoms. The summed E-state index contributed by atoms with van der Waals surface area (Å²) in [6.07, 6.45) is 4.33. The Balaban J connectivity index is 2.70. The highest BCUT2D eigenvalue weighted by Crippen LogP contribution is 2.19. The Morgan fingerprint density at radius 3 is 2.58 bits per heavy atom. The second-order valence-electron chi connectivity index (χ2n) is 4.20. The molecule has 1 N–H and O–H groups in total. The Morgan fingerprint density at radius 1 is 1.05 bits per heavy atom. The fourth-order valence-corrected chi connectivity index (χ4v) is 2.19. The minimum Gasteiger partial charge on any atom is -0.463 e. The van der Waals surface area contributed by atoms with Crippen LogP contribution < -0.4 is 10.1 Å². The zero-order chi connectivity index (χ0) is 13.9. The molecular weight excluding hydrogens is 260 g/mol. The lowest BCUT2D eigenvalue weighted by atomic mass is 10.4. The predicted octanol–water partition coefficient (Wildman–Crippen LogP) is 3.37. The van der Waals surface area contributed by atoms with E-state index in [4.69, 9.17) is 4.74 Å². The van der Waals surface area contributed by atoms with E-state index in [1.807, 2.05) is 0 Å². The van der Waals surface area contributed by atoms with Crippen molar-refractivity contribution < 1.29 is 4.74 Å². The zero-order valence-electron chi connectivity index (χ0n) is 12.1. The summed E-state index contributed by atoms with van der Waals surface area (Å²) in [6, 6.07) is 0.425. The van der Waals surface area contributed by atoms with Crippen LogP contribution in [0, 0.1) is 0 Å². The number of thioether (sulfide) groups is 1. The van der Waals surface area contributed by atoms with Gasteiger partial charge in [0.25, 0.3) is 0 Å². The van der Waals surface area contributed by atoms with Gasteiger partial charge in [-0.2, -0.15) is 15.0 Å². The molecule has 0 saturated carbocycles. The summed E-state index contributed by atoms with van der Waals surface area (Å²) in [4.78, 5) is 13.0. The number of nitrogens with zero attached hydrogens (tertiary/aromatic N) is 3. The molecule has 108 valence electrons. The average molecular weight is 284 g/mol. The molecule has 1 aromatic rings. The molecule has 0 saturated heterocycles. The van der Waals surface area contributed by atoms with Gasteiger partial charge in [0.15, 0.2) is 5.16 Å². The Morgan fingerprint density at radius 2 is 1.89 bits per heavy atom. The predicted molar refractivity (Wildman–Crippen MR) is 80.0 cm³/mol. The van der Waals surface area contributed by atoms with Crippen molar-refractivity contribution >= 4 is 17.7 Å². The lowest BCUT2D eigenvalue weighted by Crippen LogP contribution is -2.09. The summed E-state index contributed by atoms with van der Waals surface area (Å²) >= 11 is 1.66. The molecule has 19 heavy (non-hydrogen) atoms. The molecule has 1 rings (SSSR count). The van der Waals surface area contributed by atoms with Gasteiger partial charge in [-0.1, -0.05) is 39.0 Å². The number of ether oxygens (including phenoxy) is 1. The van der Waals surface area contributed by atoms with Crippen LogP contribution in [0.15, 0.2) is 5.16 Å². The largest absolute Gasteiger partial charge is 0.463 e. The monoisotopic (exact) mass is 284 g/mol. The third-order valence-corrected chi connectivity index (χ3v) is 3.23. The number of aromatic nitrogens is 3. The van der Waals surface area contributed by atoms with E-state index in [0.29, 0.717) is 18.6 Å². The van der Waals surface area contributed by atoms with Gasteiger partial charge in [0.1, 0.15) is 0 Å². The summed E-state index contributed by atoms with van der Waals surface area (Å²) in [5.41, 5.74) is 0. The zero-order valence-corrected chi connectivity index (χ0v) is 12.9. The van der Waals surface area contributed by atoms with Crippen LogP contribution in [-0.2, 0) is 0 Å². The van der Waals surface area contributed by atoms with Gasteiger partial charge in [-0.25, -0.2) is 0 Å². The van der Waals surface area contributed by atoms with E-state index in [2.05, 4.69) is 41.0 Å². The fraction of sp³-hybridized carbons (Fsp3) is 0.769. The van der Waals surface area contributed by atoms with Gasteiger partial charge in [0, 0.05) is 12.3 Å². The van der Waals surface area contributed by atoms with Crippen molar-refractivity contribution in [3.8, 4) is 6.01 Å². The molecular formula is C13H24N4OS. The summed E-state index contributed by atoms with van der Waals surface area (Å²) in [5.74, 6) is 1.64. The van der Waals surface area contributed by atoms with Crippen molar-refractivity contribution in [2.75, 3.05) is 24.2 Å². The van der Waals surface area contributed by atoms with Crippen LogP contribution in [0.3, 0.4) is 0 Å². The Kier molecular flexibility index (Phi) is 8.29. The first-order chi connectivity index (χ1) is 9.30. The van der Waals surface area contributed by atoms with Crippen LogP contribution in [0.25, 0.3) is 0 Å². The first-order valence-electron chi connectivity index (χ1n) is 7.05. The van der Waals surface area contributed by atoms with E-state index >= 15 is 0 Å². The lowest BCUT2D eigenvalue weighted by molar-refractivity contribution is 0.288. The van der Waals surface area contributed by atoms with Crippen LogP contribution in [0.5, 0.6) is 6.01 Å². The van der Waals surface area contributed by atoms with E-state index in [1.165, 1.54) is 12.8 Å². The molecule has 0 fully saturated rings. The third kappa shape index (κ3) is 6.61. The molecule has 5 nitrogen and oxygen atoms in total. The van der Waals surface area contributed by atoms with E-state index in [0.717, 1.165) is 30.3 Å². The van der Waals surface area contributed by atoms with Crippen LogP contribution >= 0.6 is 11.8 Å². The second-order valence-corrected chi connectivity index (χ2v) is 5.26. The number of hydrogen-bond acceptors (Lipinski definition) is 6. The van der Waals surface area contributed by atoms with E-state index in [-0.39, 0.29) is 0 Å². The quantitative estimate of drug-likeness (QED) is 0.525. The van der Waals surface area contributed by atoms with E-state index < -0.39 is 0 Å². The number of unbranched alkanes of at least 4 members (excludes halogenated alkanes) is 1. The van der Waals surface area contributed by atoms with Gasteiger partial charge in [-0.05, 0) is 19.3 Å². The summed E-state index contributed by atoms with van der Waals surface area (Å²) in [7, 11) is 0. The molecule has 0 aliphatic rings. The number of nitrogens with one attached hydrogen (secondary N) is 1. The van der Waals surface area contributed by atoms with Gasteiger partial charge in [-0.15, -0.1) is 0 Å². The molecule has 0 bridgehead atoms. The molecule has 0 aliphatic carbocycles. The van der Waals surface area contributed by atoms with Gasteiger partial charge in [0.05, 0.1) is 6.61 Å². The fourth-order valence-electron chi connectivity index (χ4n) is 1.28. The van der Waals surface area contributed by atoms with Crippen molar-refractivity contribution in [3.05, 3.63) is 0 Å². The highest BCUT2D eigenvalue weighted by atomic mass is 32.2. The van der Waals surface area contributed by atoms with Crippen molar-refractivity contribution in [2.24, 2.45) is 0 Å². The van der Waals surface area contributed by atoms with Crippen molar-refractivity contribution in [2.45, 2.75) is 51.6 Å². The molecule has 0 radical (unpaired) electrons. The topological polar surface area (TPSA) is 59.9 Å². The summed E-state index contributed by atoms with van der Waals surface area (Å²) < 4.78 is 5.51. The maximum absolute atomic E-state index is 5.51. The molecule has 0 unspecified atom stereocenters. The highest BCUT2D eigenvalue weighted by Gasteiger charge is 2.07. The van der Waals surface area contributed by atoms with Gasteiger partial charge >= 0.3 is 6.01 Å². The van der Waals surface area contributed by atoms with Crippen LogP contribution in [-0.4, -0.2) is 33.9 Å². The summed E-state index contributed by atoms with van der Waals surface area (Å²) in [5, 5.41) is 3.93. The molecule has 0 aliphatic heterocycles. The molecule has 1 aromatic heterocycles. The second kappa shape index (κ2) is 9.83. The number of hydrogen-bond donors (Lipinski definition) is 1. The van der Waals surface area contributed by atoms with Crippen LogP contribution in [0.4, 0.5) is 5.95 Å².